The normalized spacial score (nSPS) is 12.9. The summed E-state index contributed by atoms with van der Waals surface area (Å²) in [5, 5.41) is 11.3. The minimum absolute atomic E-state index is 0.151. The Labute approximate surface area is 101 Å². The van der Waals surface area contributed by atoms with Gasteiger partial charge in [0.1, 0.15) is 23.7 Å². The number of furan rings is 1. The number of hydrogen-bond donors (Lipinski definition) is 1. The van der Waals surface area contributed by atoms with Gasteiger partial charge < -0.3 is 14.3 Å². The minimum atomic E-state index is 0.151. The summed E-state index contributed by atoms with van der Waals surface area (Å²) in [6, 6.07) is 4.18. The molecular weight excluding hydrogens is 216 g/mol. The second-order valence-corrected chi connectivity index (χ2v) is 4.12. The highest BCUT2D eigenvalue weighted by Gasteiger charge is 2.11. The molecule has 0 spiro atoms. The Balaban J connectivity index is 1.92. The molecule has 0 saturated heterocycles. The number of nitrogens with one attached hydrogen (secondary N) is 1. The summed E-state index contributed by atoms with van der Waals surface area (Å²) in [4.78, 5) is 0. The van der Waals surface area contributed by atoms with Crippen molar-refractivity contribution in [3.63, 3.8) is 0 Å². The fraction of sp³-hybridized carbons (Fsp3) is 0.500. The molecule has 5 nitrogen and oxygen atoms in total. The molecule has 0 radical (unpaired) electrons. The van der Waals surface area contributed by atoms with E-state index in [0.29, 0.717) is 6.54 Å². The fourth-order valence-electron chi connectivity index (χ4n) is 1.74. The van der Waals surface area contributed by atoms with Crippen LogP contribution in [0.15, 0.2) is 22.9 Å². The van der Waals surface area contributed by atoms with Gasteiger partial charge in [0.15, 0.2) is 0 Å². The summed E-state index contributed by atoms with van der Waals surface area (Å²) in [6.07, 6.45) is 2.63. The van der Waals surface area contributed by atoms with E-state index < -0.39 is 0 Å². The maximum Gasteiger partial charge on any atom is 0.149 e. The summed E-state index contributed by atoms with van der Waals surface area (Å²) in [5.41, 5.74) is 0. The van der Waals surface area contributed by atoms with E-state index in [1.807, 2.05) is 23.7 Å². The van der Waals surface area contributed by atoms with Crippen LogP contribution in [0.25, 0.3) is 0 Å². The van der Waals surface area contributed by atoms with Gasteiger partial charge in [-0.05, 0) is 19.1 Å². The lowest BCUT2D eigenvalue weighted by molar-refractivity contribution is 0.427. The molecular formula is C12H18N4O. The van der Waals surface area contributed by atoms with Crippen molar-refractivity contribution in [2.24, 2.45) is 7.05 Å². The van der Waals surface area contributed by atoms with Gasteiger partial charge in [-0.2, -0.15) is 0 Å². The van der Waals surface area contributed by atoms with Gasteiger partial charge in [0.2, 0.25) is 0 Å². The molecule has 0 amide bonds. The van der Waals surface area contributed by atoms with Gasteiger partial charge in [-0.1, -0.05) is 6.92 Å². The van der Waals surface area contributed by atoms with E-state index in [0.717, 1.165) is 23.8 Å². The van der Waals surface area contributed by atoms with Crippen molar-refractivity contribution in [3.8, 4) is 0 Å². The first-order valence-corrected chi connectivity index (χ1v) is 5.85. The lowest BCUT2D eigenvalue weighted by Crippen LogP contribution is -2.20. The molecule has 0 fully saturated rings. The van der Waals surface area contributed by atoms with Crippen LogP contribution < -0.4 is 5.32 Å². The molecule has 2 aromatic heterocycles. The van der Waals surface area contributed by atoms with Crippen molar-refractivity contribution in [2.45, 2.75) is 32.9 Å². The predicted octanol–water partition coefficient (Wildman–Crippen LogP) is 1.82. The van der Waals surface area contributed by atoms with Crippen LogP contribution >= 0.6 is 0 Å². The summed E-state index contributed by atoms with van der Waals surface area (Å²) in [7, 11) is 1.94. The Hall–Kier alpha value is -1.62. The third-order valence-corrected chi connectivity index (χ3v) is 2.78. The van der Waals surface area contributed by atoms with Gasteiger partial charge in [0, 0.05) is 13.5 Å². The van der Waals surface area contributed by atoms with E-state index in [9.17, 15) is 0 Å². The highest BCUT2D eigenvalue weighted by Crippen LogP contribution is 2.11. The first-order valence-electron chi connectivity index (χ1n) is 5.85. The summed E-state index contributed by atoms with van der Waals surface area (Å²) in [6.45, 7) is 4.85. The Kier molecular flexibility index (Phi) is 3.58. The Morgan fingerprint density at radius 3 is 2.76 bits per heavy atom. The highest BCUT2D eigenvalue weighted by atomic mass is 16.3. The molecule has 5 heteroatoms. The number of nitrogens with zero attached hydrogens (tertiary/aromatic N) is 3. The van der Waals surface area contributed by atoms with Gasteiger partial charge in [-0.3, -0.25) is 0 Å². The first kappa shape index (κ1) is 11.9. The van der Waals surface area contributed by atoms with E-state index in [1.165, 1.54) is 0 Å². The monoisotopic (exact) mass is 234 g/mol. The number of rotatable bonds is 5. The second-order valence-electron chi connectivity index (χ2n) is 4.12. The summed E-state index contributed by atoms with van der Waals surface area (Å²) in [5.74, 6) is 2.90. The Morgan fingerprint density at radius 1 is 1.41 bits per heavy atom. The molecule has 0 aliphatic heterocycles. The van der Waals surface area contributed by atoms with Crippen molar-refractivity contribution < 1.29 is 4.42 Å². The molecule has 1 unspecified atom stereocenters. The molecule has 2 aromatic rings. The molecule has 0 bridgehead atoms. The topological polar surface area (TPSA) is 55.9 Å². The molecule has 2 heterocycles. The van der Waals surface area contributed by atoms with E-state index in [4.69, 9.17) is 4.42 Å². The predicted molar refractivity (Wildman–Crippen MR) is 64.3 cm³/mol. The maximum atomic E-state index is 5.63. The van der Waals surface area contributed by atoms with Crippen molar-refractivity contribution >= 4 is 0 Å². The zero-order valence-corrected chi connectivity index (χ0v) is 10.5. The van der Waals surface area contributed by atoms with Crippen LogP contribution in [0.5, 0.6) is 0 Å². The van der Waals surface area contributed by atoms with Crippen molar-refractivity contribution in [1.29, 1.82) is 0 Å². The molecule has 0 saturated carbocycles. The lowest BCUT2D eigenvalue weighted by atomic mass is 10.3. The first-order chi connectivity index (χ1) is 8.20. The molecule has 1 N–H and O–H groups in total. The zero-order chi connectivity index (χ0) is 12.3. The fourth-order valence-corrected chi connectivity index (χ4v) is 1.74. The minimum Gasteiger partial charge on any atom is -0.465 e. The molecule has 0 aliphatic carbocycles. The Bertz CT molecular complexity index is 474. The lowest BCUT2D eigenvalue weighted by Gasteiger charge is -2.11. The highest BCUT2D eigenvalue weighted by molar-refractivity contribution is 5.07. The van der Waals surface area contributed by atoms with Gasteiger partial charge in [-0.15, -0.1) is 10.2 Å². The largest absolute Gasteiger partial charge is 0.465 e. The molecule has 2 rings (SSSR count). The van der Waals surface area contributed by atoms with Crippen LogP contribution in [-0.4, -0.2) is 14.8 Å². The number of hydrogen-bond acceptors (Lipinski definition) is 4. The van der Waals surface area contributed by atoms with Gasteiger partial charge in [-0.25, -0.2) is 0 Å². The van der Waals surface area contributed by atoms with E-state index in [-0.39, 0.29) is 6.04 Å². The third kappa shape index (κ3) is 2.74. The van der Waals surface area contributed by atoms with E-state index in [2.05, 4.69) is 29.4 Å². The van der Waals surface area contributed by atoms with E-state index in [1.54, 1.807) is 6.33 Å². The average Bonchev–Trinajstić information content (AvgIpc) is 2.94. The van der Waals surface area contributed by atoms with Crippen molar-refractivity contribution in [1.82, 2.24) is 20.1 Å². The van der Waals surface area contributed by atoms with Gasteiger partial charge >= 0.3 is 0 Å². The van der Waals surface area contributed by atoms with Crippen LogP contribution in [0.2, 0.25) is 0 Å². The molecule has 17 heavy (non-hydrogen) atoms. The average molecular weight is 234 g/mol. The number of aryl methyl sites for hydroxylation is 2. The van der Waals surface area contributed by atoms with Crippen LogP contribution in [0.4, 0.5) is 0 Å². The standard InChI is InChI=1S/C12H18N4O/c1-4-10-5-6-11(17-10)7-13-9(2)12-15-14-8-16(12)3/h5-6,8-9,13H,4,7H2,1-3H3. The summed E-state index contributed by atoms with van der Waals surface area (Å²) < 4.78 is 7.54. The van der Waals surface area contributed by atoms with Crippen LogP contribution in [0.1, 0.15) is 37.2 Å². The molecule has 92 valence electrons. The number of aromatic nitrogens is 3. The van der Waals surface area contributed by atoms with Crippen molar-refractivity contribution in [3.05, 3.63) is 35.8 Å². The van der Waals surface area contributed by atoms with Crippen LogP contribution in [-0.2, 0) is 20.0 Å². The molecule has 0 aromatic carbocycles. The van der Waals surface area contributed by atoms with Gasteiger partial charge in [0.05, 0.1) is 12.6 Å². The Morgan fingerprint density at radius 2 is 2.18 bits per heavy atom. The summed E-state index contributed by atoms with van der Waals surface area (Å²) >= 11 is 0. The third-order valence-electron chi connectivity index (χ3n) is 2.78. The maximum absolute atomic E-state index is 5.63. The van der Waals surface area contributed by atoms with E-state index >= 15 is 0 Å². The quantitative estimate of drug-likeness (QED) is 0.857. The van der Waals surface area contributed by atoms with Crippen molar-refractivity contribution in [2.75, 3.05) is 0 Å². The van der Waals surface area contributed by atoms with Gasteiger partial charge in [0.25, 0.3) is 0 Å². The zero-order valence-electron chi connectivity index (χ0n) is 10.5. The van der Waals surface area contributed by atoms with Crippen LogP contribution in [0, 0.1) is 0 Å². The van der Waals surface area contributed by atoms with Crippen LogP contribution in [0.3, 0.4) is 0 Å². The molecule has 0 aliphatic rings. The SMILES string of the molecule is CCc1ccc(CNC(C)c2nncn2C)o1. The smallest absolute Gasteiger partial charge is 0.149 e. The second kappa shape index (κ2) is 5.14. The molecule has 1 atom stereocenters.